The molecule has 0 aliphatic carbocycles. The molecule has 6 nitrogen and oxygen atoms in total. The number of carbonyl (C=O) groups excluding carboxylic acids is 1. The molecular weight excluding hydrogens is 384 g/mol. The van der Waals surface area contributed by atoms with Gasteiger partial charge in [0, 0.05) is 6.42 Å². The molecule has 0 heterocycles. The first-order valence-corrected chi connectivity index (χ1v) is 11.8. The molecule has 0 unspecified atom stereocenters. The standard InChI is InChI=1S/C18H36O3.C3H8O3.C3H6/c1-2-3-4-5-6-7-8-9-10-11-12-13-14-15-16-17-18(19)21-20;4-1-3(6)2-5;1-3-2/h20H,2-17H2,1H3;3-6H,1-2H2;3H,1H2,2H3. The fourth-order valence-corrected chi connectivity index (χ4v) is 2.74. The quantitative estimate of drug-likeness (QED) is 0.0941. The molecule has 0 rings (SSSR count). The Labute approximate surface area is 185 Å². The van der Waals surface area contributed by atoms with Crippen LogP contribution in [0.5, 0.6) is 0 Å². The van der Waals surface area contributed by atoms with Crippen LogP contribution >= 0.6 is 0 Å². The topological polar surface area (TPSA) is 107 Å². The van der Waals surface area contributed by atoms with Crippen molar-refractivity contribution in [3.8, 4) is 0 Å². The third kappa shape index (κ3) is 37.8. The highest BCUT2D eigenvalue weighted by Crippen LogP contribution is 2.13. The molecule has 0 atom stereocenters. The van der Waals surface area contributed by atoms with Crippen LogP contribution in [0.3, 0.4) is 0 Å². The molecule has 0 fully saturated rings. The van der Waals surface area contributed by atoms with Crippen LogP contribution in [0, 0.1) is 0 Å². The van der Waals surface area contributed by atoms with Gasteiger partial charge < -0.3 is 20.2 Å². The highest BCUT2D eigenvalue weighted by atomic mass is 17.1. The molecule has 182 valence electrons. The number of hydrogen-bond donors (Lipinski definition) is 4. The maximum Gasteiger partial charge on any atom is 0.342 e. The Morgan fingerprint density at radius 3 is 1.33 bits per heavy atom. The molecule has 0 amide bonds. The minimum absolute atomic E-state index is 0.342. The molecule has 0 saturated heterocycles. The van der Waals surface area contributed by atoms with Crippen LogP contribution in [0.15, 0.2) is 12.7 Å². The molecule has 0 radical (unpaired) electrons. The Hall–Kier alpha value is -0.950. The van der Waals surface area contributed by atoms with Crippen LogP contribution in [-0.4, -0.2) is 45.9 Å². The average Bonchev–Trinajstić information content (AvgIpc) is 2.76. The van der Waals surface area contributed by atoms with E-state index in [1.165, 1.54) is 83.5 Å². The summed E-state index contributed by atoms with van der Waals surface area (Å²) in [6.45, 7) is 6.79. The number of aliphatic hydroxyl groups excluding tert-OH is 3. The summed E-state index contributed by atoms with van der Waals surface area (Å²) in [5.74, 6) is -0.510. The summed E-state index contributed by atoms with van der Waals surface area (Å²) in [7, 11) is 0. The Bertz CT molecular complexity index is 319. The first-order chi connectivity index (χ1) is 14.5. The number of carbonyl (C=O) groups is 1. The van der Waals surface area contributed by atoms with Crippen molar-refractivity contribution in [3.63, 3.8) is 0 Å². The van der Waals surface area contributed by atoms with Gasteiger partial charge in [-0.2, -0.15) is 5.26 Å². The van der Waals surface area contributed by atoms with Crippen molar-refractivity contribution in [2.45, 2.75) is 123 Å². The van der Waals surface area contributed by atoms with Crippen molar-refractivity contribution in [1.82, 2.24) is 0 Å². The third-order valence-corrected chi connectivity index (χ3v) is 4.51. The largest absolute Gasteiger partial charge is 0.394 e. The number of hydrogen-bond acceptors (Lipinski definition) is 6. The Balaban J connectivity index is -0.000000676. The van der Waals surface area contributed by atoms with Crippen LogP contribution in [0.25, 0.3) is 0 Å². The molecule has 4 N–H and O–H groups in total. The molecule has 30 heavy (non-hydrogen) atoms. The first kappa shape index (κ1) is 33.7. The second kappa shape index (κ2) is 32.7. The molecule has 0 aromatic carbocycles. The molecule has 0 aliphatic rings. The van der Waals surface area contributed by atoms with E-state index in [1.54, 1.807) is 6.08 Å². The summed E-state index contributed by atoms with van der Waals surface area (Å²) in [4.78, 5) is 14.3. The fourth-order valence-electron chi connectivity index (χ4n) is 2.74. The SMILES string of the molecule is C=CC.CCCCCCCCCCCCCCCCCC(=O)OO.OCC(O)CO. The van der Waals surface area contributed by atoms with Crippen molar-refractivity contribution in [3.05, 3.63) is 12.7 Å². The monoisotopic (exact) mass is 434 g/mol. The van der Waals surface area contributed by atoms with Crippen molar-refractivity contribution >= 4 is 5.97 Å². The maximum absolute atomic E-state index is 10.7. The second-order valence-electron chi connectivity index (χ2n) is 7.59. The zero-order chi connectivity index (χ0) is 23.3. The second-order valence-corrected chi connectivity index (χ2v) is 7.59. The fraction of sp³-hybridized carbons (Fsp3) is 0.875. The van der Waals surface area contributed by atoms with Gasteiger partial charge >= 0.3 is 5.97 Å². The number of aliphatic hydroxyl groups is 3. The summed E-state index contributed by atoms with van der Waals surface area (Å²) in [5.41, 5.74) is 0. The molecule has 0 spiro atoms. The molecule has 6 heteroatoms. The zero-order valence-electron chi connectivity index (χ0n) is 19.7. The smallest absolute Gasteiger partial charge is 0.342 e. The van der Waals surface area contributed by atoms with Gasteiger partial charge in [-0.25, -0.2) is 4.79 Å². The summed E-state index contributed by atoms with van der Waals surface area (Å²) in [6.07, 6.45) is 20.8. The number of rotatable bonds is 18. The van der Waals surface area contributed by atoms with Crippen molar-refractivity contribution in [1.29, 1.82) is 0 Å². The van der Waals surface area contributed by atoms with E-state index in [1.807, 2.05) is 6.92 Å². The van der Waals surface area contributed by atoms with Gasteiger partial charge in [-0.05, 0) is 13.3 Å². The molecule has 0 aromatic rings. The van der Waals surface area contributed by atoms with Crippen LogP contribution in [0.2, 0.25) is 0 Å². The lowest BCUT2D eigenvalue weighted by Crippen LogP contribution is -2.15. The van der Waals surface area contributed by atoms with Gasteiger partial charge in [0.2, 0.25) is 0 Å². The molecule has 0 aliphatic heterocycles. The van der Waals surface area contributed by atoms with Crippen LogP contribution in [0.4, 0.5) is 0 Å². The average molecular weight is 435 g/mol. The van der Waals surface area contributed by atoms with Gasteiger partial charge in [-0.3, -0.25) is 0 Å². The number of allylic oxidation sites excluding steroid dienone is 1. The van der Waals surface area contributed by atoms with E-state index in [9.17, 15) is 4.79 Å². The van der Waals surface area contributed by atoms with Crippen LogP contribution in [0.1, 0.15) is 117 Å². The van der Waals surface area contributed by atoms with E-state index in [-0.39, 0.29) is 13.2 Å². The normalized spacial score (nSPS) is 9.97. The van der Waals surface area contributed by atoms with Gasteiger partial charge in [-0.1, -0.05) is 103 Å². The number of unbranched alkanes of at least 4 members (excludes halogenated alkanes) is 14. The highest BCUT2D eigenvalue weighted by Gasteiger charge is 2.00. The van der Waals surface area contributed by atoms with Gasteiger partial charge in [-0.15, -0.1) is 6.58 Å². The van der Waals surface area contributed by atoms with Crippen molar-refractivity contribution in [2.24, 2.45) is 0 Å². The summed E-state index contributed by atoms with van der Waals surface area (Å²) in [5, 5.41) is 32.1. The van der Waals surface area contributed by atoms with Gasteiger partial charge in [0.15, 0.2) is 0 Å². The van der Waals surface area contributed by atoms with Crippen LogP contribution in [-0.2, 0) is 9.68 Å². The minimum atomic E-state index is -0.954. The molecule has 0 aromatic heterocycles. The lowest BCUT2D eigenvalue weighted by molar-refractivity contribution is -0.234. The predicted molar refractivity (Wildman–Crippen MR) is 124 cm³/mol. The lowest BCUT2D eigenvalue weighted by atomic mass is 10.0. The Morgan fingerprint density at radius 1 is 0.800 bits per heavy atom. The van der Waals surface area contributed by atoms with E-state index < -0.39 is 12.1 Å². The maximum atomic E-state index is 10.7. The Kier molecular flexibility index (Phi) is 36.7. The van der Waals surface area contributed by atoms with E-state index in [0.717, 1.165) is 12.8 Å². The minimum Gasteiger partial charge on any atom is -0.394 e. The summed E-state index contributed by atoms with van der Waals surface area (Å²) >= 11 is 0. The van der Waals surface area contributed by atoms with Crippen LogP contribution < -0.4 is 0 Å². The third-order valence-electron chi connectivity index (χ3n) is 4.51. The van der Waals surface area contributed by atoms with Gasteiger partial charge in [0.1, 0.15) is 6.10 Å². The molecule has 0 saturated carbocycles. The zero-order valence-corrected chi connectivity index (χ0v) is 19.7. The summed E-state index contributed by atoms with van der Waals surface area (Å²) in [6, 6.07) is 0. The van der Waals surface area contributed by atoms with Crippen molar-refractivity contribution in [2.75, 3.05) is 13.2 Å². The highest BCUT2D eigenvalue weighted by molar-refractivity contribution is 5.68. The van der Waals surface area contributed by atoms with E-state index in [2.05, 4.69) is 18.4 Å². The Morgan fingerprint density at radius 2 is 1.10 bits per heavy atom. The first-order valence-electron chi connectivity index (χ1n) is 11.8. The van der Waals surface area contributed by atoms with Gasteiger partial charge in [0.25, 0.3) is 0 Å². The van der Waals surface area contributed by atoms with E-state index >= 15 is 0 Å². The van der Waals surface area contributed by atoms with Crippen molar-refractivity contribution < 1.29 is 30.3 Å². The lowest BCUT2D eigenvalue weighted by Gasteiger charge is -2.03. The van der Waals surface area contributed by atoms with E-state index in [0.29, 0.717) is 6.42 Å². The summed E-state index contributed by atoms with van der Waals surface area (Å²) < 4.78 is 0. The van der Waals surface area contributed by atoms with E-state index in [4.69, 9.17) is 20.6 Å². The molecule has 0 bridgehead atoms. The predicted octanol–water partition coefficient (Wildman–Crippen LogP) is 5.79. The van der Waals surface area contributed by atoms with Gasteiger partial charge in [0.05, 0.1) is 13.2 Å². The molecular formula is C24H50O6.